The largest absolute Gasteiger partial charge is 0.385 e. The van der Waals surface area contributed by atoms with Gasteiger partial charge in [0.15, 0.2) is 11.8 Å². The maximum atomic E-state index is 5.11. The smallest absolute Gasteiger partial charge is 0.191 e. The van der Waals surface area contributed by atoms with Crippen LogP contribution < -0.4 is 10.6 Å². The van der Waals surface area contributed by atoms with Gasteiger partial charge in [0.1, 0.15) is 12.4 Å². The number of ether oxygens (including phenoxy) is 1. The molecule has 2 aromatic heterocycles. The number of hydrogen-bond acceptors (Lipinski definition) is 6. The fourth-order valence-corrected chi connectivity index (χ4v) is 3.34. The second-order valence-corrected chi connectivity index (χ2v) is 7.75. The highest BCUT2D eigenvalue weighted by molar-refractivity contribution is 7.09. The molecule has 2 rings (SSSR count). The van der Waals surface area contributed by atoms with Gasteiger partial charge in [0, 0.05) is 51.8 Å². The molecule has 0 aliphatic carbocycles. The summed E-state index contributed by atoms with van der Waals surface area (Å²) < 4.78 is 7.08. The average Bonchev–Trinajstić information content (AvgIpc) is 3.30. The van der Waals surface area contributed by atoms with Crippen LogP contribution in [0.25, 0.3) is 0 Å². The van der Waals surface area contributed by atoms with E-state index in [0.717, 1.165) is 63.2 Å². The van der Waals surface area contributed by atoms with Crippen LogP contribution in [0, 0.1) is 6.92 Å². The highest BCUT2D eigenvalue weighted by Gasteiger charge is 2.06. The van der Waals surface area contributed by atoms with Gasteiger partial charge in [-0.15, -0.1) is 21.5 Å². The van der Waals surface area contributed by atoms with Crippen molar-refractivity contribution in [2.45, 2.75) is 26.3 Å². The molecule has 0 bridgehead atoms. The van der Waals surface area contributed by atoms with Crippen molar-refractivity contribution in [3.63, 3.8) is 0 Å². The first kappa shape index (κ1) is 22.3. The van der Waals surface area contributed by atoms with Crippen LogP contribution in [0.1, 0.15) is 22.9 Å². The zero-order valence-electron chi connectivity index (χ0n) is 17.4. The number of guanidine groups is 1. The minimum absolute atomic E-state index is 0.495. The maximum absolute atomic E-state index is 5.11. The molecule has 2 aromatic rings. The number of aliphatic imine (C=N–C) groups is 1. The maximum Gasteiger partial charge on any atom is 0.191 e. The molecule has 0 amide bonds. The Bertz CT molecular complexity index is 699. The van der Waals surface area contributed by atoms with Crippen molar-refractivity contribution in [3.8, 4) is 0 Å². The number of aromatic nitrogens is 3. The Morgan fingerprint density at radius 3 is 2.79 bits per heavy atom. The van der Waals surface area contributed by atoms with Gasteiger partial charge in [-0.1, -0.05) is 6.07 Å². The molecule has 0 saturated carbocycles. The Hall–Kier alpha value is -1.97. The van der Waals surface area contributed by atoms with Gasteiger partial charge in [-0.25, -0.2) is 4.99 Å². The van der Waals surface area contributed by atoms with Crippen molar-refractivity contribution in [2.75, 3.05) is 46.9 Å². The molecule has 0 radical (unpaired) electrons. The van der Waals surface area contributed by atoms with E-state index in [-0.39, 0.29) is 0 Å². The third-order valence-electron chi connectivity index (χ3n) is 4.48. The van der Waals surface area contributed by atoms with Crippen molar-refractivity contribution in [1.82, 2.24) is 30.3 Å². The van der Waals surface area contributed by atoms with Gasteiger partial charge in [-0.05, 0) is 38.3 Å². The lowest BCUT2D eigenvalue weighted by molar-refractivity contribution is 0.180. The fraction of sp³-hybridized carbons (Fsp3) is 0.632. The molecule has 0 aliphatic rings. The number of rotatable bonds is 12. The van der Waals surface area contributed by atoms with E-state index in [2.05, 4.69) is 50.3 Å². The SMILES string of the molecule is COCCCN(C)CCNC(=NCc1nnc(C)n1C)NCCc1cccs1. The first-order valence-electron chi connectivity index (χ1n) is 9.67. The molecule has 2 N–H and O–H groups in total. The number of nitrogens with zero attached hydrogens (tertiary/aromatic N) is 5. The van der Waals surface area contributed by atoms with Crippen LogP contribution >= 0.6 is 11.3 Å². The van der Waals surface area contributed by atoms with E-state index in [9.17, 15) is 0 Å². The number of methoxy groups -OCH3 is 1. The second kappa shape index (κ2) is 12.5. The van der Waals surface area contributed by atoms with Crippen molar-refractivity contribution < 1.29 is 4.74 Å². The molecule has 8 nitrogen and oxygen atoms in total. The Balaban J connectivity index is 1.83. The van der Waals surface area contributed by atoms with Crippen LogP contribution in [0.3, 0.4) is 0 Å². The van der Waals surface area contributed by atoms with Crippen LogP contribution in [0.2, 0.25) is 0 Å². The molecule has 0 fully saturated rings. The molecular weight excluding hydrogens is 374 g/mol. The molecule has 156 valence electrons. The molecule has 2 heterocycles. The highest BCUT2D eigenvalue weighted by atomic mass is 32.1. The van der Waals surface area contributed by atoms with Gasteiger partial charge >= 0.3 is 0 Å². The number of hydrogen-bond donors (Lipinski definition) is 2. The van der Waals surface area contributed by atoms with Crippen LogP contribution in [0.15, 0.2) is 22.5 Å². The summed E-state index contributed by atoms with van der Waals surface area (Å²) >= 11 is 1.78. The van der Waals surface area contributed by atoms with E-state index in [1.54, 1.807) is 18.4 Å². The third kappa shape index (κ3) is 7.95. The summed E-state index contributed by atoms with van der Waals surface area (Å²) in [6, 6.07) is 4.25. The molecule has 0 spiro atoms. The van der Waals surface area contributed by atoms with Gasteiger partial charge in [0.05, 0.1) is 0 Å². The third-order valence-corrected chi connectivity index (χ3v) is 5.42. The minimum atomic E-state index is 0.495. The molecule has 0 aromatic carbocycles. The topological polar surface area (TPSA) is 79.6 Å². The first-order valence-corrected chi connectivity index (χ1v) is 10.5. The lowest BCUT2D eigenvalue weighted by Crippen LogP contribution is -2.42. The predicted molar refractivity (Wildman–Crippen MR) is 115 cm³/mol. The van der Waals surface area contributed by atoms with Crippen molar-refractivity contribution in [1.29, 1.82) is 0 Å². The van der Waals surface area contributed by atoms with Crippen molar-refractivity contribution >= 4 is 17.3 Å². The van der Waals surface area contributed by atoms with E-state index in [1.807, 2.05) is 18.5 Å². The van der Waals surface area contributed by atoms with Crippen LogP contribution in [0.4, 0.5) is 0 Å². The molecule has 0 saturated heterocycles. The quantitative estimate of drug-likeness (QED) is 0.315. The van der Waals surface area contributed by atoms with Gasteiger partial charge in [-0.2, -0.15) is 0 Å². The average molecular weight is 408 g/mol. The molecule has 0 unspecified atom stereocenters. The van der Waals surface area contributed by atoms with E-state index < -0.39 is 0 Å². The van der Waals surface area contributed by atoms with E-state index in [4.69, 9.17) is 9.73 Å². The summed E-state index contributed by atoms with van der Waals surface area (Å²) in [5, 5.41) is 17.3. The monoisotopic (exact) mass is 407 g/mol. The van der Waals surface area contributed by atoms with Crippen LogP contribution in [-0.2, 0) is 24.8 Å². The Kier molecular flexibility index (Phi) is 9.95. The minimum Gasteiger partial charge on any atom is -0.385 e. The summed E-state index contributed by atoms with van der Waals surface area (Å²) in [7, 11) is 5.83. The number of aryl methyl sites for hydroxylation is 1. The first-order chi connectivity index (χ1) is 13.6. The predicted octanol–water partition coefficient (Wildman–Crippen LogP) is 1.43. The number of likely N-dealkylation sites (N-methyl/N-ethyl adjacent to an activating group) is 1. The van der Waals surface area contributed by atoms with Gasteiger partial charge in [0.25, 0.3) is 0 Å². The van der Waals surface area contributed by atoms with Crippen LogP contribution in [-0.4, -0.2) is 72.6 Å². The van der Waals surface area contributed by atoms with E-state index >= 15 is 0 Å². The summed E-state index contributed by atoms with van der Waals surface area (Å²) in [5.74, 6) is 2.55. The highest BCUT2D eigenvalue weighted by Crippen LogP contribution is 2.08. The second-order valence-electron chi connectivity index (χ2n) is 6.72. The van der Waals surface area contributed by atoms with Gasteiger partial charge in [0.2, 0.25) is 0 Å². The zero-order valence-corrected chi connectivity index (χ0v) is 18.3. The normalized spacial score (nSPS) is 12.0. The molecule has 9 heteroatoms. The molecule has 28 heavy (non-hydrogen) atoms. The lowest BCUT2D eigenvalue weighted by atomic mass is 10.3. The number of thiophene rings is 1. The summed E-state index contributed by atoms with van der Waals surface area (Å²) in [5.41, 5.74) is 0. The van der Waals surface area contributed by atoms with Crippen molar-refractivity contribution in [2.24, 2.45) is 12.0 Å². The summed E-state index contributed by atoms with van der Waals surface area (Å²) in [6.45, 7) is 6.86. The fourth-order valence-electron chi connectivity index (χ4n) is 2.63. The molecular formula is C19H33N7OS. The van der Waals surface area contributed by atoms with Crippen LogP contribution in [0.5, 0.6) is 0 Å². The summed E-state index contributed by atoms with van der Waals surface area (Å²) in [4.78, 5) is 8.36. The van der Waals surface area contributed by atoms with E-state index in [1.165, 1.54) is 4.88 Å². The zero-order chi connectivity index (χ0) is 20.2. The molecule has 0 atom stereocenters. The Morgan fingerprint density at radius 2 is 2.11 bits per heavy atom. The molecule has 0 aliphatic heterocycles. The van der Waals surface area contributed by atoms with Gasteiger partial charge in [-0.3, -0.25) is 0 Å². The van der Waals surface area contributed by atoms with Gasteiger partial charge < -0.3 is 24.8 Å². The van der Waals surface area contributed by atoms with E-state index in [0.29, 0.717) is 6.54 Å². The van der Waals surface area contributed by atoms with Crippen molar-refractivity contribution in [3.05, 3.63) is 34.0 Å². The lowest BCUT2D eigenvalue weighted by Gasteiger charge is -2.18. The number of nitrogens with one attached hydrogen (secondary N) is 2. The standard InChI is InChI=1S/C19H33N7OS/c1-16-23-24-18(26(16)3)15-22-19(20-9-8-17-7-5-14-28-17)21-10-12-25(2)11-6-13-27-4/h5,7,14H,6,8-13,15H2,1-4H3,(H2,20,21,22). The Morgan fingerprint density at radius 1 is 1.29 bits per heavy atom. The Labute approximate surface area is 172 Å². The summed E-state index contributed by atoms with van der Waals surface area (Å²) in [6.07, 6.45) is 2.02.